The number of rotatable bonds is 6. The van der Waals surface area contributed by atoms with E-state index >= 15 is 0 Å². The number of carbonyl (C=O) groups is 1. The minimum Gasteiger partial charge on any atom is -0.352 e. The fourth-order valence-electron chi connectivity index (χ4n) is 2.36. The summed E-state index contributed by atoms with van der Waals surface area (Å²) in [7, 11) is -3.42. The van der Waals surface area contributed by atoms with Gasteiger partial charge in [0.05, 0.1) is 16.2 Å². The Morgan fingerprint density at radius 2 is 1.83 bits per heavy atom. The molecule has 0 heterocycles. The first-order valence-corrected chi connectivity index (χ1v) is 9.25. The average Bonchev–Trinajstić information content (AvgIpc) is 2.55. The summed E-state index contributed by atoms with van der Waals surface area (Å²) >= 11 is 0. The molecule has 0 aliphatic heterocycles. The van der Waals surface area contributed by atoms with Crippen molar-refractivity contribution in [1.82, 2.24) is 5.32 Å². The van der Waals surface area contributed by atoms with Crippen LogP contribution in [0.2, 0.25) is 0 Å². The minimum atomic E-state index is -3.42. The third kappa shape index (κ3) is 4.42. The molecule has 0 bridgehead atoms. The minimum absolute atomic E-state index is 0.0272. The molecule has 122 valence electrons. The number of benzene rings is 2. The highest BCUT2D eigenvalue weighted by Crippen LogP contribution is 2.17. The van der Waals surface area contributed by atoms with Crippen molar-refractivity contribution in [2.45, 2.75) is 25.2 Å². The largest absolute Gasteiger partial charge is 0.352 e. The normalized spacial score (nSPS) is 11.2. The van der Waals surface area contributed by atoms with Crippen molar-refractivity contribution in [2.24, 2.45) is 0 Å². The van der Waals surface area contributed by atoms with Crippen LogP contribution in [0.1, 0.15) is 28.4 Å². The lowest BCUT2D eigenvalue weighted by atomic mass is 10.1. The van der Waals surface area contributed by atoms with Crippen molar-refractivity contribution >= 4 is 15.7 Å². The summed E-state index contributed by atoms with van der Waals surface area (Å²) in [5.74, 6) is -0.383. The predicted octanol–water partition coefficient (Wildman–Crippen LogP) is 2.76. The van der Waals surface area contributed by atoms with Crippen LogP contribution in [-0.2, 0) is 16.3 Å². The molecule has 5 heteroatoms. The summed E-state index contributed by atoms with van der Waals surface area (Å²) in [4.78, 5) is 12.4. The number of nitrogens with one attached hydrogen (secondary N) is 1. The number of aryl methyl sites for hydroxylation is 1. The van der Waals surface area contributed by atoms with Crippen LogP contribution >= 0.6 is 0 Å². The van der Waals surface area contributed by atoms with Gasteiger partial charge in [-0.25, -0.2) is 8.42 Å². The second kappa shape index (κ2) is 7.42. The zero-order valence-corrected chi connectivity index (χ0v) is 14.2. The Bertz CT molecular complexity index is 797. The molecular weight excluding hydrogens is 310 g/mol. The molecule has 0 fully saturated rings. The Kier molecular flexibility index (Phi) is 5.55. The van der Waals surface area contributed by atoms with Gasteiger partial charge in [-0.05, 0) is 31.0 Å². The number of sulfone groups is 1. The smallest absolute Gasteiger partial charge is 0.252 e. The molecule has 4 nitrogen and oxygen atoms in total. The Hall–Kier alpha value is -2.14. The first-order valence-electron chi connectivity index (χ1n) is 7.59. The van der Waals surface area contributed by atoms with Crippen LogP contribution in [0.4, 0.5) is 0 Å². The van der Waals surface area contributed by atoms with Crippen LogP contribution in [-0.4, -0.2) is 26.6 Å². The molecule has 1 N–H and O–H groups in total. The van der Waals surface area contributed by atoms with Gasteiger partial charge in [-0.2, -0.15) is 0 Å². The van der Waals surface area contributed by atoms with Crippen LogP contribution in [0, 0.1) is 6.92 Å². The summed E-state index contributed by atoms with van der Waals surface area (Å²) < 4.78 is 24.2. The summed E-state index contributed by atoms with van der Waals surface area (Å²) in [6.45, 7) is 4.05. The van der Waals surface area contributed by atoms with E-state index in [1.165, 1.54) is 11.6 Å². The van der Waals surface area contributed by atoms with Crippen LogP contribution in [0.5, 0.6) is 0 Å². The van der Waals surface area contributed by atoms with Gasteiger partial charge in [0.2, 0.25) is 0 Å². The van der Waals surface area contributed by atoms with Crippen LogP contribution in [0.25, 0.3) is 0 Å². The highest BCUT2D eigenvalue weighted by molar-refractivity contribution is 7.91. The van der Waals surface area contributed by atoms with E-state index in [1.54, 1.807) is 25.1 Å². The molecule has 0 saturated carbocycles. The molecule has 0 aliphatic rings. The van der Waals surface area contributed by atoms with Gasteiger partial charge >= 0.3 is 0 Å². The Labute approximate surface area is 137 Å². The first-order chi connectivity index (χ1) is 10.9. The standard InChI is InChI=1S/C18H21NO3S/c1-3-23(21,22)17-10-5-4-9-16(17)18(20)19-12-11-15-8-6-7-14(2)13-15/h4-10,13H,3,11-12H2,1-2H3,(H,19,20). The number of hydrogen-bond donors (Lipinski definition) is 1. The van der Waals surface area contributed by atoms with E-state index in [0.717, 1.165) is 5.56 Å². The molecule has 23 heavy (non-hydrogen) atoms. The van der Waals surface area contributed by atoms with Crippen molar-refractivity contribution < 1.29 is 13.2 Å². The van der Waals surface area contributed by atoms with Crippen LogP contribution in [0.15, 0.2) is 53.4 Å². The van der Waals surface area contributed by atoms with Gasteiger partial charge in [-0.3, -0.25) is 4.79 Å². The van der Waals surface area contributed by atoms with Gasteiger partial charge in [0.25, 0.3) is 5.91 Å². The van der Waals surface area contributed by atoms with Crippen molar-refractivity contribution in [3.05, 3.63) is 65.2 Å². The van der Waals surface area contributed by atoms with E-state index in [-0.39, 0.29) is 22.1 Å². The number of hydrogen-bond acceptors (Lipinski definition) is 3. The summed E-state index contributed by atoms with van der Waals surface area (Å²) in [5.41, 5.74) is 2.52. The van der Waals surface area contributed by atoms with Gasteiger partial charge in [0.1, 0.15) is 0 Å². The number of carbonyl (C=O) groups excluding carboxylic acids is 1. The second-order valence-corrected chi connectivity index (χ2v) is 7.64. The lowest BCUT2D eigenvalue weighted by Crippen LogP contribution is -2.27. The molecule has 0 atom stereocenters. The van der Waals surface area contributed by atoms with E-state index in [1.807, 2.05) is 25.1 Å². The van der Waals surface area contributed by atoms with Crippen LogP contribution < -0.4 is 5.32 Å². The molecule has 0 saturated heterocycles. The summed E-state index contributed by atoms with van der Waals surface area (Å²) in [6, 6.07) is 14.4. The molecule has 0 unspecified atom stereocenters. The maximum Gasteiger partial charge on any atom is 0.252 e. The third-order valence-corrected chi connectivity index (χ3v) is 5.41. The van der Waals surface area contributed by atoms with Crippen molar-refractivity contribution in [3.8, 4) is 0 Å². The fourth-order valence-corrected chi connectivity index (χ4v) is 3.46. The van der Waals surface area contributed by atoms with E-state index in [0.29, 0.717) is 13.0 Å². The van der Waals surface area contributed by atoms with Gasteiger partial charge in [-0.1, -0.05) is 48.9 Å². The van der Waals surface area contributed by atoms with Gasteiger partial charge in [-0.15, -0.1) is 0 Å². The van der Waals surface area contributed by atoms with E-state index in [9.17, 15) is 13.2 Å². The lowest BCUT2D eigenvalue weighted by Gasteiger charge is -2.10. The second-order valence-electron chi connectivity index (χ2n) is 5.39. The Morgan fingerprint density at radius 3 is 2.52 bits per heavy atom. The summed E-state index contributed by atoms with van der Waals surface area (Å²) in [6.07, 6.45) is 0.704. The Balaban J connectivity index is 2.07. The van der Waals surface area contributed by atoms with Crippen molar-refractivity contribution in [2.75, 3.05) is 12.3 Å². The quantitative estimate of drug-likeness (QED) is 0.885. The van der Waals surface area contributed by atoms with Crippen molar-refractivity contribution in [3.63, 3.8) is 0 Å². The molecule has 1 amide bonds. The van der Waals surface area contributed by atoms with Gasteiger partial charge in [0, 0.05) is 6.54 Å². The molecule has 0 aliphatic carbocycles. The Morgan fingerprint density at radius 1 is 1.09 bits per heavy atom. The number of amides is 1. The highest BCUT2D eigenvalue weighted by Gasteiger charge is 2.20. The van der Waals surface area contributed by atoms with Gasteiger partial charge < -0.3 is 5.32 Å². The zero-order valence-electron chi connectivity index (χ0n) is 13.4. The lowest BCUT2D eigenvalue weighted by molar-refractivity contribution is 0.0951. The maximum atomic E-state index is 12.3. The third-order valence-electron chi connectivity index (χ3n) is 3.63. The van der Waals surface area contributed by atoms with Gasteiger partial charge in [0.15, 0.2) is 9.84 Å². The topological polar surface area (TPSA) is 63.2 Å². The monoisotopic (exact) mass is 331 g/mol. The average molecular weight is 331 g/mol. The predicted molar refractivity (Wildman–Crippen MR) is 91.4 cm³/mol. The first kappa shape index (κ1) is 17.2. The zero-order chi connectivity index (χ0) is 16.9. The molecule has 2 aromatic carbocycles. The molecule has 2 rings (SSSR count). The maximum absolute atomic E-state index is 12.3. The molecule has 2 aromatic rings. The van der Waals surface area contributed by atoms with E-state index in [2.05, 4.69) is 11.4 Å². The molecule has 0 aromatic heterocycles. The fraction of sp³-hybridized carbons (Fsp3) is 0.278. The highest BCUT2D eigenvalue weighted by atomic mass is 32.2. The molecule has 0 spiro atoms. The summed E-state index contributed by atoms with van der Waals surface area (Å²) in [5, 5.41) is 2.80. The van der Waals surface area contributed by atoms with E-state index < -0.39 is 9.84 Å². The SMILES string of the molecule is CCS(=O)(=O)c1ccccc1C(=O)NCCc1cccc(C)c1. The molecule has 0 radical (unpaired) electrons. The molecular formula is C18H21NO3S. The van der Waals surface area contributed by atoms with E-state index in [4.69, 9.17) is 0 Å². The van der Waals surface area contributed by atoms with Crippen LogP contribution in [0.3, 0.4) is 0 Å². The van der Waals surface area contributed by atoms with Crippen molar-refractivity contribution in [1.29, 1.82) is 0 Å².